The zero-order valence-corrected chi connectivity index (χ0v) is 13.8. The second-order valence-corrected chi connectivity index (χ2v) is 5.88. The minimum absolute atomic E-state index is 0.230. The van der Waals surface area contributed by atoms with E-state index in [4.69, 9.17) is 0 Å². The number of carbonyl (C=O) groups excluding carboxylic acids is 2. The molecule has 0 saturated heterocycles. The number of rotatable bonds is 5. The number of nitrogens with zero attached hydrogens (tertiary/aromatic N) is 1. The Hall–Kier alpha value is -2.67. The quantitative estimate of drug-likeness (QED) is 0.735. The Morgan fingerprint density at radius 1 is 1.22 bits per heavy atom. The van der Waals surface area contributed by atoms with Crippen LogP contribution in [0.1, 0.15) is 20.9 Å². The smallest absolute Gasteiger partial charge is 0.325 e. The van der Waals surface area contributed by atoms with Crippen molar-refractivity contribution in [3.05, 3.63) is 53.1 Å². The van der Waals surface area contributed by atoms with E-state index in [1.54, 1.807) is 13.0 Å². The molecule has 120 valence electrons. The van der Waals surface area contributed by atoms with Crippen molar-refractivity contribution in [1.82, 2.24) is 10.3 Å². The summed E-state index contributed by atoms with van der Waals surface area (Å²) in [6.07, 6.45) is 1.60. The van der Waals surface area contributed by atoms with Gasteiger partial charge in [0, 0.05) is 12.2 Å². The third-order valence-corrected chi connectivity index (χ3v) is 4.01. The molecule has 7 heteroatoms. The summed E-state index contributed by atoms with van der Waals surface area (Å²) in [6, 6.07) is 7.04. The minimum Gasteiger partial charge on any atom is -0.348 e. The molecule has 0 saturated carbocycles. The van der Waals surface area contributed by atoms with Crippen LogP contribution >= 0.6 is 11.3 Å². The molecular weight excluding hydrogens is 312 g/mol. The third-order valence-electron chi connectivity index (χ3n) is 2.94. The van der Waals surface area contributed by atoms with E-state index in [-0.39, 0.29) is 5.91 Å². The van der Waals surface area contributed by atoms with E-state index < -0.39 is 6.03 Å². The fourth-order valence-electron chi connectivity index (χ4n) is 1.80. The van der Waals surface area contributed by atoms with Crippen LogP contribution in [0.3, 0.4) is 0 Å². The summed E-state index contributed by atoms with van der Waals surface area (Å²) < 4.78 is 0. The number of benzene rings is 1. The second kappa shape index (κ2) is 7.55. The molecule has 0 bridgehead atoms. The van der Waals surface area contributed by atoms with Gasteiger partial charge in [0.25, 0.3) is 5.91 Å². The molecule has 3 N–H and O–H groups in total. The number of hydrogen-bond acceptors (Lipinski definition) is 4. The van der Waals surface area contributed by atoms with E-state index in [1.165, 1.54) is 0 Å². The van der Waals surface area contributed by atoms with Crippen molar-refractivity contribution in [2.75, 3.05) is 17.2 Å². The summed E-state index contributed by atoms with van der Waals surface area (Å²) in [5.41, 5.74) is 2.37. The van der Waals surface area contributed by atoms with Crippen molar-refractivity contribution in [1.29, 1.82) is 0 Å². The summed E-state index contributed by atoms with van der Waals surface area (Å²) in [7, 11) is 0. The molecule has 0 aliphatic rings. The molecule has 2 rings (SSSR count). The molecule has 1 aromatic heterocycles. The molecule has 0 unspecified atom stereocenters. The van der Waals surface area contributed by atoms with Gasteiger partial charge in [-0.2, -0.15) is 0 Å². The molecular formula is C16H18N4O2S. The monoisotopic (exact) mass is 330 g/mol. The lowest BCUT2D eigenvalue weighted by molar-refractivity contribution is 0.0961. The first kappa shape index (κ1) is 16.7. The number of aryl methyl sites for hydroxylation is 2. The number of amides is 3. The fourth-order valence-corrected chi connectivity index (χ4v) is 2.68. The molecule has 6 nitrogen and oxygen atoms in total. The lowest BCUT2D eigenvalue weighted by Crippen LogP contribution is -2.22. The summed E-state index contributed by atoms with van der Waals surface area (Å²) in [6.45, 7) is 7.63. The van der Waals surface area contributed by atoms with Crippen LogP contribution in [0, 0.1) is 13.8 Å². The summed E-state index contributed by atoms with van der Waals surface area (Å²) in [5.74, 6) is -0.230. The summed E-state index contributed by atoms with van der Waals surface area (Å²) in [4.78, 5) is 28.6. The van der Waals surface area contributed by atoms with E-state index >= 15 is 0 Å². The molecule has 1 aromatic carbocycles. The van der Waals surface area contributed by atoms with Gasteiger partial charge in [-0.15, -0.1) is 6.58 Å². The topological polar surface area (TPSA) is 83.1 Å². The van der Waals surface area contributed by atoms with Crippen LogP contribution in [-0.4, -0.2) is 23.5 Å². The van der Waals surface area contributed by atoms with Crippen LogP contribution in [-0.2, 0) is 0 Å². The molecule has 0 aliphatic carbocycles. The Morgan fingerprint density at radius 2 is 1.91 bits per heavy atom. The molecule has 1 heterocycles. The van der Waals surface area contributed by atoms with E-state index in [0.717, 1.165) is 16.9 Å². The van der Waals surface area contributed by atoms with Gasteiger partial charge in [0.15, 0.2) is 5.13 Å². The number of thiazole rings is 1. The average Bonchev–Trinajstić information content (AvgIpc) is 2.87. The van der Waals surface area contributed by atoms with E-state index in [1.807, 2.05) is 31.2 Å². The number of carbonyl (C=O) groups is 2. The van der Waals surface area contributed by atoms with Gasteiger partial charge < -0.3 is 10.6 Å². The largest absolute Gasteiger partial charge is 0.348 e. The summed E-state index contributed by atoms with van der Waals surface area (Å²) in [5, 5.41) is 8.40. The fraction of sp³-hybridized carbons (Fsp3) is 0.188. The number of anilines is 2. The highest BCUT2D eigenvalue weighted by molar-refractivity contribution is 7.17. The van der Waals surface area contributed by atoms with Gasteiger partial charge in [0.1, 0.15) is 4.88 Å². The highest BCUT2D eigenvalue weighted by Gasteiger charge is 2.16. The Morgan fingerprint density at radius 3 is 2.57 bits per heavy atom. The maximum Gasteiger partial charge on any atom is 0.325 e. The van der Waals surface area contributed by atoms with Crippen LogP contribution < -0.4 is 16.0 Å². The van der Waals surface area contributed by atoms with Gasteiger partial charge in [-0.3, -0.25) is 10.1 Å². The Labute approximate surface area is 138 Å². The van der Waals surface area contributed by atoms with Crippen molar-refractivity contribution >= 4 is 34.1 Å². The van der Waals surface area contributed by atoms with Crippen molar-refractivity contribution in [2.45, 2.75) is 13.8 Å². The standard InChI is InChI=1S/C16H18N4O2S/c1-4-9-17-14(21)13-11(3)18-16(23-13)20-15(22)19-12-7-5-10(2)6-8-12/h4-8H,1,9H2,2-3H3,(H,17,21)(H2,18,19,20,22). The highest BCUT2D eigenvalue weighted by atomic mass is 32.1. The van der Waals surface area contributed by atoms with E-state index in [0.29, 0.717) is 27.9 Å². The molecule has 0 spiro atoms. The van der Waals surface area contributed by atoms with Gasteiger partial charge in [-0.25, -0.2) is 9.78 Å². The molecule has 23 heavy (non-hydrogen) atoms. The highest BCUT2D eigenvalue weighted by Crippen LogP contribution is 2.22. The summed E-state index contributed by atoms with van der Waals surface area (Å²) >= 11 is 1.13. The molecule has 3 amide bonds. The number of nitrogens with one attached hydrogen (secondary N) is 3. The number of hydrogen-bond donors (Lipinski definition) is 3. The maximum atomic E-state index is 12.0. The first-order valence-corrected chi connectivity index (χ1v) is 7.82. The van der Waals surface area contributed by atoms with Crippen LogP contribution in [0.5, 0.6) is 0 Å². The molecule has 0 fully saturated rings. The van der Waals surface area contributed by atoms with Crippen LogP contribution in [0.2, 0.25) is 0 Å². The normalized spacial score (nSPS) is 10.0. The maximum absolute atomic E-state index is 12.0. The van der Waals surface area contributed by atoms with Crippen molar-refractivity contribution in [2.24, 2.45) is 0 Å². The number of urea groups is 1. The SMILES string of the molecule is C=CCNC(=O)c1sc(NC(=O)Nc2ccc(C)cc2)nc1C. The minimum atomic E-state index is -0.402. The lowest BCUT2D eigenvalue weighted by Gasteiger charge is -2.05. The predicted octanol–water partition coefficient (Wildman–Crippen LogP) is 3.32. The molecule has 2 aromatic rings. The predicted molar refractivity (Wildman–Crippen MR) is 93.2 cm³/mol. The lowest BCUT2D eigenvalue weighted by atomic mass is 10.2. The van der Waals surface area contributed by atoms with Gasteiger partial charge in [-0.1, -0.05) is 35.1 Å². The Balaban J connectivity index is 1.99. The Kier molecular flexibility index (Phi) is 5.48. The molecule has 0 aliphatic heterocycles. The zero-order chi connectivity index (χ0) is 16.8. The van der Waals surface area contributed by atoms with Gasteiger partial charge in [-0.05, 0) is 26.0 Å². The van der Waals surface area contributed by atoms with Crippen molar-refractivity contribution < 1.29 is 9.59 Å². The molecule has 0 radical (unpaired) electrons. The van der Waals surface area contributed by atoms with Crippen LogP contribution in [0.15, 0.2) is 36.9 Å². The zero-order valence-electron chi connectivity index (χ0n) is 13.0. The Bertz CT molecular complexity index is 722. The first-order valence-electron chi connectivity index (χ1n) is 7.01. The van der Waals surface area contributed by atoms with Gasteiger partial charge in [0.2, 0.25) is 0 Å². The van der Waals surface area contributed by atoms with E-state index in [9.17, 15) is 9.59 Å². The first-order chi connectivity index (χ1) is 11.0. The third kappa shape index (κ3) is 4.65. The second-order valence-electron chi connectivity index (χ2n) is 4.88. The van der Waals surface area contributed by atoms with E-state index in [2.05, 4.69) is 27.5 Å². The van der Waals surface area contributed by atoms with Crippen LogP contribution in [0.25, 0.3) is 0 Å². The van der Waals surface area contributed by atoms with Crippen LogP contribution in [0.4, 0.5) is 15.6 Å². The van der Waals surface area contributed by atoms with Gasteiger partial charge in [0.05, 0.1) is 5.69 Å². The average molecular weight is 330 g/mol. The van der Waals surface area contributed by atoms with Crippen molar-refractivity contribution in [3.63, 3.8) is 0 Å². The molecule has 0 atom stereocenters. The van der Waals surface area contributed by atoms with Crippen molar-refractivity contribution in [3.8, 4) is 0 Å². The number of aromatic nitrogens is 1. The van der Waals surface area contributed by atoms with Gasteiger partial charge >= 0.3 is 6.03 Å².